The molecule has 150 valence electrons. The number of aliphatic hydroxyl groups is 1. The first-order valence-corrected chi connectivity index (χ1v) is 10.2. The maximum Gasteiger partial charge on any atom is 0.407 e. The molecule has 4 nitrogen and oxygen atoms in total. The van der Waals surface area contributed by atoms with Gasteiger partial charge in [0.1, 0.15) is 0 Å². The Kier molecular flexibility index (Phi) is 7.84. The number of benzene rings is 2. The van der Waals surface area contributed by atoms with Crippen molar-refractivity contribution in [1.29, 1.82) is 0 Å². The molecule has 0 bridgehead atoms. The van der Waals surface area contributed by atoms with Crippen molar-refractivity contribution < 1.29 is 15.0 Å². The number of rotatable bonds is 9. The molecule has 2 aromatic rings. The van der Waals surface area contributed by atoms with E-state index >= 15 is 0 Å². The van der Waals surface area contributed by atoms with Gasteiger partial charge in [0.2, 0.25) is 0 Å². The summed E-state index contributed by atoms with van der Waals surface area (Å²) in [7, 11) is 0. The van der Waals surface area contributed by atoms with Crippen molar-refractivity contribution in [2.45, 2.75) is 44.8 Å². The van der Waals surface area contributed by atoms with Crippen molar-refractivity contribution in [3.63, 3.8) is 0 Å². The van der Waals surface area contributed by atoms with Gasteiger partial charge in [-0.1, -0.05) is 70.9 Å². The fourth-order valence-corrected chi connectivity index (χ4v) is 3.86. The summed E-state index contributed by atoms with van der Waals surface area (Å²) in [5.41, 5.74) is 1.42. The second kappa shape index (κ2) is 9.89. The number of carbonyl (C=O) groups is 1. The lowest BCUT2D eigenvalue weighted by Crippen LogP contribution is -2.38. The van der Waals surface area contributed by atoms with Gasteiger partial charge in [-0.3, -0.25) is 0 Å². The van der Waals surface area contributed by atoms with E-state index < -0.39 is 11.7 Å². The molecule has 2 atom stereocenters. The third-order valence-electron chi connectivity index (χ3n) is 4.94. The van der Waals surface area contributed by atoms with Crippen LogP contribution in [0.1, 0.15) is 50.3 Å². The highest BCUT2D eigenvalue weighted by molar-refractivity contribution is 9.10. The molecule has 0 saturated heterocycles. The minimum Gasteiger partial charge on any atom is -0.465 e. The van der Waals surface area contributed by atoms with Crippen LogP contribution in [0, 0.1) is 0 Å². The molecule has 0 aromatic heterocycles. The number of hydrogen-bond acceptors (Lipinski definition) is 2. The van der Waals surface area contributed by atoms with Crippen LogP contribution in [0.2, 0.25) is 0 Å². The number of halogens is 1. The molecule has 28 heavy (non-hydrogen) atoms. The standard InChI is InChI=1S/C23H28BrNO3/c1-4-21(18-10-12-20(24)13-11-18)25(22(26)27)15-14-23(28,16-17(2)3)19-8-6-5-7-9-19/h5-13,21,28H,2,4,14-16H2,1,3H3,(H,26,27)/t21-,23?/m0/s1. The average molecular weight is 446 g/mol. The van der Waals surface area contributed by atoms with Gasteiger partial charge in [0.15, 0.2) is 0 Å². The van der Waals surface area contributed by atoms with E-state index in [4.69, 9.17) is 0 Å². The molecule has 0 aliphatic rings. The summed E-state index contributed by atoms with van der Waals surface area (Å²) in [5.74, 6) is 0. The molecular weight excluding hydrogens is 418 g/mol. The van der Waals surface area contributed by atoms with E-state index in [-0.39, 0.29) is 12.6 Å². The van der Waals surface area contributed by atoms with Gasteiger partial charge in [0.05, 0.1) is 11.6 Å². The van der Waals surface area contributed by atoms with Crippen molar-refractivity contribution in [3.8, 4) is 0 Å². The quantitative estimate of drug-likeness (QED) is 0.456. The van der Waals surface area contributed by atoms with Gasteiger partial charge in [-0.05, 0) is 43.0 Å². The van der Waals surface area contributed by atoms with Gasteiger partial charge in [-0.25, -0.2) is 4.79 Å². The van der Waals surface area contributed by atoms with Gasteiger partial charge in [-0.2, -0.15) is 0 Å². The van der Waals surface area contributed by atoms with E-state index in [9.17, 15) is 15.0 Å². The smallest absolute Gasteiger partial charge is 0.407 e. The average Bonchev–Trinajstić information content (AvgIpc) is 2.66. The fraction of sp³-hybridized carbons (Fsp3) is 0.348. The summed E-state index contributed by atoms with van der Waals surface area (Å²) in [6.07, 6.45) is 0.349. The van der Waals surface area contributed by atoms with Gasteiger partial charge < -0.3 is 15.1 Å². The first-order chi connectivity index (χ1) is 13.3. The molecule has 0 fully saturated rings. The molecule has 0 aliphatic heterocycles. The van der Waals surface area contributed by atoms with Crippen LogP contribution in [0.25, 0.3) is 0 Å². The zero-order chi connectivity index (χ0) is 20.7. The Balaban J connectivity index is 2.27. The Bertz CT molecular complexity index is 791. The zero-order valence-corrected chi connectivity index (χ0v) is 18.0. The molecule has 5 heteroatoms. The third-order valence-corrected chi connectivity index (χ3v) is 5.46. The minimum atomic E-state index is -1.15. The van der Waals surface area contributed by atoms with Crippen LogP contribution in [-0.4, -0.2) is 27.8 Å². The lowest BCUT2D eigenvalue weighted by Gasteiger charge is -2.34. The molecule has 2 aromatic carbocycles. The maximum absolute atomic E-state index is 12.0. The predicted molar refractivity (Wildman–Crippen MR) is 116 cm³/mol. The molecule has 0 heterocycles. The zero-order valence-electron chi connectivity index (χ0n) is 16.4. The maximum atomic E-state index is 12.0. The highest BCUT2D eigenvalue weighted by Gasteiger charge is 2.32. The van der Waals surface area contributed by atoms with E-state index in [0.717, 1.165) is 21.2 Å². The minimum absolute atomic E-state index is 0.225. The number of carboxylic acid groups (broad SMARTS) is 1. The van der Waals surface area contributed by atoms with E-state index in [2.05, 4.69) is 22.5 Å². The lowest BCUT2D eigenvalue weighted by atomic mass is 9.84. The third kappa shape index (κ3) is 5.69. The molecule has 0 radical (unpaired) electrons. The topological polar surface area (TPSA) is 60.8 Å². The second-order valence-corrected chi connectivity index (χ2v) is 8.15. The highest BCUT2D eigenvalue weighted by Crippen LogP contribution is 2.34. The lowest BCUT2D eigenvalue weighted by molar-refractivity contribution is 0.0140. The Labute approximate surface area is 175 Å². The van der Waals surface area contributed by atoms with Crippen molar-refractivity contribution in [2.24, 2.45) is 0 Å². The van der Waals surface area contributed by atoms with E-state index in [0.29, 0.717) is 19.3 Å². The molecule has 0 saturated carbocycles. The SMILES string of the molecule is C=C(C)CC(O)(CCN(C(=O)O)[C@@H](CC)c1ccc(Br)cc1)c1ccccc1. The Morgan fingerprint density at radius 3 is 2.29 bits per heavy atom. The monoisotopic (exact) mass is 445 g/mol. The molecule has 2 rings (SSSR count). The largest absolute Gasteiger partial charge is 0.465 e. The van der Waals surface area contributed by atoms with Crippen molar-refractivity contribution in [2.75, 3.05) is 6.54 Å². The molecule has 0 spiro atoms. The van der Waals surface area contributed by atoms with Crippen molar-refractivity contribution in [1.82, 2.24) is 4.90 Å². The molecule has 2 N–H and O–H groups in total. The number of amides is 1. The molecule has 0 aliphatic carbocycles. The Morgan fingerprint density at radius 2 is 1.79 bits per heavy atom. The van der Waals surface area contributed by atoms with Gasteiger partial charge >= 0.3 is 6.09 Å². The van der Waals surface area contributed by atoms with Crippen LogP contribution >= 0.6 is 15.9 Å². The van der Waals surface area contributed by atoms with Crippen LogP contribution in [0.5, 0.6) is 0 Å². The van der Waals surface area contributed by atoms with Crippen LogP contribution in [0.3, 0.4) is 0 Å². The first kappa shape index (κ1) is 22.2. The van der Waals surface area contributed by atoms with Crippen LogP contribution in [0.15, 0.2) is 71.2 Å². The number of nitrogens with zero attached hydrogens (tertiary/aromatic N) is 1. The Morgan fingerprint density at radius 1 is 1.18 bits per heavy atom. The Hall–Kier alpha value is -2.11. The van der Waals surface area contributed by atoms with Gasteiger partial charge in [0.25, 0.3) is 0 Å². The summed E-state index contributed by atoms with van der Waals surface area (Å²) in [4.78, 5) is 13.5. The van der Waals surface area contributed by atoms with Gasteiger partial charge in [0, 0.05) is 17.4 Å². The molecular formula is C23H28BrNO3. The fourth-order valence-electron chi connectivity index (χ4n) is 3.59. The summed E-state index contributed by atoms with van der Waals surface area (Å²) in [6.45, 7) is 8.01. The first-order valence-electron chi connectivity index (χ1n) is 9.44. The molecule has 1 unspecified atom stereocenters. The highest BCUT2D eigenvalue weighted by atomic mass is 79.9. The molecule has 1 amide bonds. The summed E-state index contributed by atoms with van der Waals surface area (Å²) in [6, 6.07) is 16.8. The van der Waals surface area contributed by atoms with Crippen LogP contribution < -0.4 is 0 Å². The normalized spacial score (nSPS) is 14.1. The summed E-state index contributed by atoms with van der Waals surface area (Å²) in [5, 5.41) is 21.2. The van der Waals surface area contributed by atoms with E-state index in [1.165, 1.54) is 4.90 Å². The van der Waals surface area contributed by atoms with Crippen molar-refractivity contribution in [3.05, 3.63) is 82.3 Å². The van der Waals surface area contributed by atoms with Gasteiger partial charge in [-0.15, -0.1) is 6.58 Å². The second-order valence-electron chi connectivity index (χ2n) is 7.23. The van der Waals surface area contributed by atoms with Crippen LogP contribution in [0.4, 0.5) is 4.79 Å². The van der Waals surface area contributed by atoms with Crippen molar-refractivity contribution >= 4 is 22.0 Å². The van der Waals surface area contributed by atoms with E-state index in [1.54, 1.807) is 0 Å². The summed E-state index contributed by atoms with van der Waals surface area (Å²) >= 11 is 3.42. The summed E-state index contributed by atoms with van der Waals surface area (Å²) < 4.78 is 0.952. The predicted octanol–water partition coefficient (Wildman–Crippen LogP) is 6.12. The number of hydrogen-bond donors (Lipinski definition) is 2. The van der Waals surface area contributed by atoms with Crippen LogP contribution in [-0.2, 0) is 5.60 Å². The van der Waals surface area contributed by atoms with E-state index in [1.807, 2.05) is 68.4 Å².